The summed E-state index contributed by atoms with van der Waals surface area (Å²) in [6.45, 7) is 5.68. The van der Waals surface area contributed by atoms with Gasteiger partial charge in [0.1, 0.15) is 10.8 Å². The van der Waals surface area contributed by atoms with Gasteiger partial charge in [0.15, 0.2) is 6.10 Å². The molecule has 0 aliphatic carbocycles. The number of nitrogens with zero attached hydrogens (tertiary/aromatic N) is 2. The molecule has 0 fully saturated rings. The lowest BCUT2D eigenvalue weighted by atomic mass is 10.1. The van der Waals surface area contributed by atoms with Crippen molar-refractivity contribution in [1.82, 2.24) is 10.2 Å². The van der Waals surface area contributed by atoms with Crippen molar-refractivity contribution in [3.8, 4) is 16.3 Å². The fraction of sp³-hybridized carbons (Fsp3) is 0.211. The molecule has 1 unspecified atom stereocenters. The van der Waals surface area contributed by atoms with Gasteiger partial charge in [0.25, 0.3) is 5.91 Å². The molecular formula is C19H18ClN3O2S. The van der Waals surface area contributed by atoms with Crippen molar-refractivity contribution in [2.24, 2.45) is 0 Å². The first-order valence-corrected chi connectivity index (χ1v) is 9.26. The van der Waals surface area contributed by atoms with E-state index in [1.807, 2.05) is 44.2 Å². The zero-order valence-electron chi connectivity index (χ0n) is 14.6. The Labute approximate surface area is 161 Å². The number of carbonyl (C=O) groups is 1. The second-order valence-electron chi connectivity index (χ2n) is 5.87. The van der Waals surface area contributed by atoms with E-state index in [2.05, 4.69) is 15.5 Å². The molecule has 1 aromatic heterocycles. The molecule has 1 amide bonds. The summed E-state index contributed by atoms with van der Waals surface area (Å²) < 4.78 is 5.79. The second-order valence-corrected chi connectivity index (χ2v) is 7.28. The summed E-state index contributed by atoms with van der Waals surface area (Å²) in [6.07, 6.45) is -0.654. The number of aryl methyl sites for hydroxylation is 1. The predicted octanol–water partition coefficient (Wildman–Crippen LogP) is 4.88. The quantitative estimate of drug-likeness (QED) is 0.677. The first kappa shape index (κ1) is 18.4. The number of rotatable bonds is 5. The molecule has 0 spiro atoms. The maximum atomic E-state index is 12.4. The Hall–Kier alpha value is -2.44. The number of halogens is 1. The second kappa shape index (κ2) is 7.85. The van der Waals surface area contributed by atoms with E-state index in [1.54, 1.807) is 19.1 Å². The molecule has 0 saturated carbocycles. The van der Waals surface area contributed by atoms with Crippen molar-refractivity contribution in [2.45, 2.75) is 26.9 Å². The highest BCUT2D eigenvalue weighted by molar-refractivity contribution is 7.18. The van der Waals surface area contributed by atoms with Gasteiger partial charge in [-0.2, -0.15) is 0 Å². The van der Waals surface area contributed by atoms with Gasteiger partial charge in [0.2, 0.25) is 5.13 Å². The average Bonchev–Trinajstić information content (AvgIpc) is 3.08. The molecule has 3 aromatic rings. The summed E-state index contributed by atoms with van der Waals surface area (Å²) in [7, 11) is 0. The normalized spacial score (nSPS) is 11.8. The molecule has 2 aromatic carbocycles. The molecule has 5 nitrogen and oxygen atoms in total. The Kier molecular flexibility index (Phi) is 5.54. The number of anilines is 1. The third-order valence-electron chi connectivity index (χ3n) is 3.97. The Morgan fingerprint density at radius 2 is 1.88 bits per heavy atom. The lowest BCUT2D eigenvalue weighted by Crippen LogP contribution is -2.30. The molecule has 26 heavy (non-hydrogen) atoms. The molecule has 7 heteroatoms. The van der Waals surface area contributed by atoms with Crippen LogP contribution in [0.2, 0.25) is 5.02 Å². The first-order chi connectivity index (χ1) is 12.4. The summed E-state index contributed by atoms with van der Waals surface area (Å²) in [5.74, 6) is 0.427. The van der Waals surface area contributed by atoms with Crippen LogP contribution in [0.3, 0.4) is 0 Å². The van der Waals surface area contributed by atoms with E-state index in [-0.39, 0.29) is 5.91 Å². The smallest absolute Gasteiger partial charge is 0.266 e. The predicted molar refractivity (Wildman–Crippen MR) is 105 cm³/mol. The first-order valence-electron chi connectivity index (χ1n) is 8.07. The lowest BCUT2D eigenvalue weighted by molar-refractivity contribution is -0.122. The van der Waals surface area contributed by atoms with Gasteiger partial charge in [-0.25, -0.2) is 0 Å². The molecule has 1 heterocycles. The van der Waals surface area contributed by atoms with E-state index in [4.69, 9.17) is 16.3 Å². The highest BCUT2D eigenvalue weighted by Crippen LogP contribution is 2.27. The lowest BCUT2D eigenvalue weighted by Gasteiger charge is -2.16. The van der Waals surface area contributed by atoms with Gasteiger partial charge >= 0.3 is 0 Å². The standard InChI is InChI=1S/C19H18ClN3O2S/c1-11-5-4-6-16(12(11)2)25-13(3)17(24)21-19-23-22-18(26-19)14-7-9-15(20)10-8-14/h4-10,13H,1-3H3,(H,21,23,24). The number of benzene rings is 2. The molecule has 1 atom stereocenters. The number of amides is 1. The Bertz CT molecular complexity index is 925. The fourth-order valence-corrected chi connectivity index (χ4v) is 3.16. The van der Waals surface area contributed by atoms with E-state index in [0.717, 1.165) is 16.7 Å². The van der Waals surface area contributed by atoms with Crippen molar-refractivity contribution < 1.29 is 9.53 Å². The maximum Gasteiger partial charge on any atom is 0.266 e. The molecule has 0 saturated heterocycles. The van der Waals surface area contributed by atoms with Gasteiger partial charge < -0.3 is 4.74 Å². The van der Waals surface area contributed by atoms with Crippen LogP contribution in [-0.2, 0) is 4.79 Å². The molecule has 134 valence electrons. The summed E-state index contributed by atoms with van der Waals surface area (Å²) in [5, 5.41) is 12.7. The summed E-state index contributed by atoms with van der Waals surface area (Å²) in [6, 6.07) is 13.1. The van der Waals surface area contributed by atoms with E-state index in [9.17, 15) is 4.79 Å². The van der Waals surface area contributed by atoms with Crippen LogP contribution in [-0.4, -0.2) is 22.2 Å². The third kappa shape index (κ3) is 4.20. The van der Waals surface area contributed by atoms with Gasteiger partial charge in [-0.1, -0.05) is 47.2 Å². The maximum absolute atomic E-state index is 12.4. The highest BCUT2D eigenvalue weighted by Gasteiger charge is 2.18. The molecule has 0 aliphatic rings. The van der Waals surface area contributed by atoms with Crippen LogP contribution in [0.5, 0.6) is 5.75 Å². The van der Waals surface area contributed by atoms with Crippen LogP contribution in [0, 0.1) is 13.8 Å². The van der Waals surface area contributed by atoms with Crippen molar-refractivity contribution >= 4 is 34.0 Å². The SMILES string of the molecule is Cc1cccc(OC(C)C(=O)Nc2nnc(-c3ccc(Cl)cc3)s2)c1C. The minimum absolute atomic E-state index is 0.273. The zero-order chi connectivity index (χ0) is 18.7. The average molecular weight is 388 g/mol. The van der Waals surface area contributed by atoms with Crippen molar-refractivity contribution in [3.05, 3.63) is 58.6 Å². The van der Waals surface area contributed by atoms with E-state index < -0.39 is 6.10 Å². The summed E-state index contributed by atoms with van der Waals surface area (Å²) in [4.78, 5) is 12.4. The van der Waals surface area contributed by atoms with Gasteiger partial charge in [-0.3, -0.25) is 10.1 Å². The van der Waals surface area contributed by atoms with E-state index in [0.29, 0.717) is 20.9 Å². The number of carbonyl (C=O) groups excluding carboxylic acids is 1. The fourth-order valence-electron chi connectivity index (χ4n) is 2.29. The van der Waals surface area contributed by atoms with E-state index in [1.165, 1.54) is 11.3 Å². The number of nitrogens with one attached hydrogen (secondary N) is 1. The summed E-state index contributed by atoms with van der Waals surface area (Å²) in [5.41, 5.74) is 3.03. The van der Waals surface area contributed by atoms with Crippen molar-refractivity contribution in [1.29, 1.82) is 0 Å². The minimum Gasteiger partial charge on any atom is -0.481 e. The minimum atomic E-state index is -0.654. The van der Waals surface area contributed by atoms with Crippen LogP contribution >= 0.6 is 22.9 Å². The number of aromatic nitrogens is 2. The number of hydrogen-bond donors (Lipinski definition) is 1. The topological polar surface area (TPSA) is 64.1 Å². The third-order valence-corrected chi connectivity index (χ3v) is 5.11. The molecule has 0 radical (unpaired) electrons. The van der Waals surface area contributed by atoms with Crippen LogP contribution in [0.15, 0.2) is 42.5 Å². The molecule has 1 N–H and O–H groups in total. The molecule has 0 bridgehead atoms. The summed E-state index contributed by atoms with van der Waals surface area (Å²) >= 11 is 7.19. The monoisotopic (exact) mass is 387 g/mol. The zero-order valence-corrected chi connectivity index (χ0v) is 16.2. The van der Waals surface area contributed by atoms with Gasteiger partial charge in [-0.05, 0) is 50.1 Å². The Balaban J connectivity index is 1.66. The molecule has 3 rings (SSSR count). The largest absolute Gasteiger partial charge is 0.481 e. The van der Waals surface area contributed by atoms with Crippen molar-refractivity contribution in [3.63, 3.8) is 0 Å². The van der Waals surface area contributed by atoms with Gasteiger partial charge in [0.05, 0.1) is 0 Å². The van der Waals surface area contributed by atoms with Crippen LogP contribution < -0.4 is 10.1 Å². The van der Waals surface area contributed by atoms with Crippen LogP contribution in [0.4, 0.5) is 5.13 Å². The van der Waals surface area contributed by atoms with E-state index >= 15 is 0 Å². The van der Waals surface area contributed by atoms with Crippen LogP contribution in [0.1, 0.15) is 18.1 Å². The van der Waals surface area contributed by atoms with Crippen LogP contribution in [0.25, 0.3) is 10.6 Å². The Morgan fingerprint density at radius 1 is 1.15 bits per heavy atom. The number of ether oxygens (including phenoxy) is 1. The van der Waals surface area contributed by atoms with Gasteiger partial charge in [0, 0.05) is 10.6 Å². The number of hydrogen-bond acceptors (Lipinski definition) is 5. The molecular weight excluding hydrogens is 370 g/mol. The molecule has 0 aliphatic heterocycles. The highest BCUT2D eigenvalue weighted by atomic mass is 35.5. The Morgan fingerprint density at radius 3 is 2.62 bits per heavy atom. The van der Waals surface area contributed by atoms with Crippen molar-refractivity contribution in [2.75, 3.05) is 5.32 Å². The van der Waals surface area contributed by atoms with Gasteiger partial charge in [-0.15, -0.1) is 10.2 Å².